The maximum Gasteiger partial charge on any atom is 0.307 e. The lowest BCUT2D eigenvalue weighted by Crippen LogP contribution is -2.60. The fourth-order valence-corrected chi connectivity index (χ4v) is 1.45. The first-order valence-corrected chi connectivity index (χ1v) is 4.68. The third-order valence-corrected chi connectivity index (χ3v) is 2.40. The molecule has 3 aliphatic heterocycles. The monoisotopic (exact) mass is 188 g/mol. The molecule has 4 nitrogen and oxygen atoms in total. The third-order valence-electron chi connectivity index (χ3n) is 2.40. The van der Waals surface area contributed by atoms with Crippen LogP contribution in [0.15, 0.2) is 0 Å². The van der Waals surface area contributed by atoms with Crippen LogP contribution in [0.25, 0.3) is 0 Å². The molecule has 0 radical (unpaired) electrons. The van der Waals surface area contributed by atoms with Crippen molar-refractivity contribution < 1.29 is 18.9 Å². The molecule has 3 heterocycles. The summed E-state index contributed by atoms with van der Waals surface area (Å²) in [6.07, 6.45) is 0. The van der Waals surface area contributed by atoms with Gasteiger partial charge in [0.25, 0.3) is 0 Å². The van der Waals surface area contributed by atoms with Crippen molar-refractivity contribution in [2.75, 3.05) is 33.0 Å². The average molecular weight is 188 g/mol. The SMILES string of the molecule is CCOCC12OCC(C)(CO1)CO2. The predicted molar refractivity (Wildman–Crippen MR) is 45.2 cm³/mol. The first-order valence-electron chi connectivity index (χ1n) is 4.68. The zero-order valence-corrected chi connectivity index (χ0v) is 8.17. The van der Waals surface area contributed by atoms with E-state index < -0.39 is 5.97 Å². The van der Waals surface area contributed by atoms with E-state index in [1.807, 2.05) is 6.92 Å². The Bertz CT molecular complexity index is 162. The molecule has 4 heteroatoms. The van der Waals surface area contributed by atoms with Crippen LogP contribution < -0.4 is 0 Å². The largest absolute Gasteiger partial charge is 0.373 e. The molecule has 0 N–H and O–H groups in total. The molecule has 0 aromatic carbocycles. The Balaban J connectivity index is 1.95. The lowest BCUT2D eigenvalue weighted by atomic mass is 9.92. The van der Waals surface area contributed by atoms with Crippen LogP contribution in [0.4, 0.5) is 0 Å². The molecule has 3 fully saturated rings. The number of rotatable bonds is 3. The fourth-order valence-electron chi connectivity index (χ4n) is 1.45. The van der Waals surface area contributed by atoms with E-state index in [-0.39, 0.29) is 5.41 Å². The summed E-state index contributed by atoms with van der Waals surface area (Å²) < 4.78 is 21.8. The van der Waals surface area contributed by atoms with Crippen molar-refractivity contribution in [3.8, 4) is 0 Å². The van der Waals surface area contributed by atoms with Crippen molar-refractivity contribution in [3.05, 3.63) is 0 Å². The molecule has 13 heavy (non-hydrogen) atoms. The van der Waals surface area contributed by atoms with Gasteiger partial charge >= 0.3 is 5.97 Å². The number of ether oxygens (including phenoxy) is 4. The van der Waals surface area contributed by atoms with E-state index in [2.05, 4.69) is 6.92 Å². The normalized spacial score (nSPS) is 43.8. The van der Waals surface area contributed by atoms with E-state index in [0.29, 0.717) is 33.0 Å². The van der Waals surface area contributed by atoms with Gasteiger partial charge in [-0.25, -0.2) is 0 Å². The highest BCUT2D eigenvalue weighted by atomic mass is 16.9. The molecule has 0 atom stereocenters. The molecule has 0 aromatic heterocycles. The molecular weight excluding hydrogens is 172 g/mol. The summed E-state index contributed by atoms with van der Waals surface area (Å²) in [4.78, 5) is 0. The van der Waals surface area contributed by atoms with E-state index in [4.69, 9.17) is 18.9 Å². The molecule has 0 unspecified atom stereocenters. The van der Waals surface area contributed by atoms with Gasteiger partial charge in [0.05, 0.1) is 19.8 Å². The Kier molecular flexibility index (Phi) is 2.32. The zero-order valence-electron chi connectivity index (χ0n) is 8.17. The topological polar surface area (TPSA) is 36.9 Å². The molecule has 0 amide bonds. The highest BCUT2D eigenvalue weighted by Crippen LogP contribution is 2.37. The fraction of sp³-hybridized carbons (Fsp3) is 1.00. The van der Waals surface area contributed by atoms with Crippen molar-refractivity contribution in [2.24, 2.45) is 5.41 Å². The summed E-state index contributed by atoms with van der Waals surface area (Å²) in [6.45, 7) is 7.12. The smallest absolute Gasteiger partial charge is 0.307 e. The molecule has 0 spiro atoms. The maximum atomic E-state index is 5.50. The minimum absolute atomic E-state index is 0.0357. The van der Waals surface area contributed by atoms with Crippen molar-refractivity contribution in [2.45, 2.75) is 19.8 Å². The standard InChI is InChI=1S/C9H16O4/c1-3-10-7-9-11-4-8(2,5-12-9)6-13-9/h3-7H2,1-2H3. The lowest BCUT2D eigenvalue weighted by molar-refractivity contribution is -0.474. The molecule has 0 aliphatic carbocycles. The van der Waals surface area contributed by atoms with Gasteiger partial charge < -0.3 is 18.9 Å². The van der Waals surface area contributed by atoms with Crippen molar-refractivity contribution in [3.63, 3.8) is 0 Å². The molecule has 2 bridgehead atoms. The molecule has 3 rings (SSSR count). The van der Waals surface area contributed by atoms with Crippen molar-refractivity contribution >= 4 is 0 Å². The van der Waals surface area contributed by atoms with Gasteiger partial charge in [-0.1, -0.05) is 6.92 Å². The van der Waals surface area contributed by atoms with E-state index in [9.17, 15) is 0 Å². The van der Waals surface area contributed by atoms with Crippen LogP contribution in [-0.4, -0.2) is 39.0 Å². The van der Waals surface area contributed by atoms with E-state index >= 15 is 0 Å². The molecule has 0 aromatic rings. The Hall–Kier alpha value is -0.160. The summed E-state index contributed by atoms with van der Waals surface area (Å²) >= 11 is 0. The lowest BCUT2D eigenvalue weighted by Gasteiger charge is -2.49. The van der Waals surface area contributed by atoms with Gasteiger partial charge in [-0.05, 0) is 6.92 Å². The summed E-state index contributed by atoms with van der Waals surface area (Å²) in [7, 11) is 0. The van der Waals surface area contributed by atoms with E-state index in [0.717, 1.165) is 0 Å². The van der Waals surface area contributed by atoms with Crippen LogP contribution in [0.3, 0.4) is 0 Å². The highest BCUT2D eigenvalue weighted by Gasteiger charge is 2.50. The first-order chi connectivity index (χ1) is 6.18. The van der Waals surface area contributed by atoms with Crippen LogP contribution in [0.2, 0.25) is 0 Å². The summed E-state index contributed by atoms with van der Waals surface area (Å²) in [5.74, 6) is -0.909. The van der Waals surface area contributed by atoms with Gasteiger partial charge in [-0.3, -0.25) is 0 Å². The van der Waals surface area contributed by atoms with Crippen LogP contribution in [0.5, 0.6) is 0 Å². The van der Waals surface area contributed by atoms with Crippen LogP contribution in [0, 0.1) is 5.41 Å². The highest BCUT2D eigenvalue weighted by molar-refractivity contribution is 4.84. The zero-order chi connectivity index (χ0) is 9.36. The Labute approximate surface area is 78.1 Å². The van der Waals surface area contributed by atoms with Crippen molar-refractivity contribution in [1.82, 2.24) is 0 Å². The van der Waals surface area contributed by atoms with Gasteiger partial charge in [-0.2, -0.15) is 0 Å². The quantitative estimate of drug-likeness (QED) is 0.655. The minimum Gasteiger partial charge on any atom is -0.373 e. The molecule has 3 aliphatic rings. The van der Waals surface area contributed by atoms with Crippen molar-refractivity contribution in [1.29, 1.82) is 0 Å². The second-order valence-corrected chi connectivity index (χ2v) is 4.00. The van der Waals surface area contributed by atoms with Gasteiger partial charge in [0.1, 0.15) is 6.61 Å². The Morgan fingerprint density at radius 1 is 1.15 bits per heavy atom. The first kappa shape index (κ1) is 9.40. The molecule has 0 saturated carbocycles. The van der Waals surface area contributed by atoms with Gasteiger partial charge in [0, 0.05) is 12.0 Å². The molecule has 3 saturated heterocycles. The number of hydrogen-bond acceptors (Lipinski definition) is 4. The second-order valence-electron chi connectivity index (χ2n) is 4.00. The average Bonchev–Trinajstić information content (AvgIpc) is 2.18. The van der Waals surface area contributed by atoms with Gasteiger partial charge in [-0.15, -0.1) is 0 Å². The molecular formula is C9H16O4. The van der Waals surface area contributed by atoms with E-state index in [1.165, 1.54) is 0 Å². The summed E-state index contributed by atoms with van der Waals surface area (Å²) in [5, 5.41) is 0. The van der Waals surface area contributed by atoms with E-state index in [1.54, 1.807) is 0 Å². The second kappa shape index (κ2) is 3.20. The maximum absolute atomic E-state index is 5.50. The number of fused-ring (bicyclic) bond motifs is 3. The number of hydrogen-bond donors (Lipinski definition) is 0. The van der Waals surface area contributed by atoms with Gasteiger partial charge in [0.2, 0.25) is 0 Å². The summed E-state index contributed by atoms with van der Waals surface area (Å²) in [6, 6.07) is 0. The predicted octanol–water partition coefficient (Wildman–Crippen LogP) is 0.760. The summed E-state index contributed by atoms with van der Waals surface area (Å²) in [5.41, 5.74) is 0.0357. The Morgan fingerprint density at radius 3 is 2.15 bits per heavy atom. The molecule has 76 valence electrons. The van der Waals surface area contributed by atoms with Gasteiger partial charge in [0.15, 0.2) is 0 Å². The van der Waals surface area contributed by atoms with Crippen LogP contribution in [0.1, 0.15) is 13.8 Å². The Morgan fingerprint density at radius 2 is 1.69 bits per heavy atom. The van der Waals surface area contributed by atoms with Crippen LogP contribution >= 0.6 is 0 Å². The minimum atomic E-state index is -0.909. The van der Waals surface area contributed by atoms with Crippen LogP contribution in [-0.2, 0) is 18.9 Å². The third kappa shape index (κ3) is 1.72.